The summed E-state index contributed by atoms with van der Waals surface area (Å²) in [5, 5.41) is 16.1. The Morgan fingerprint density at radius 3 is 2.79 bits per heavy atom. The van der Waals surface area contributed by atoms with Gasteiger partial charge >= 0.3 is 0 Å². The first-order valence-electron chi connectivity index (χ1n) is 10.0. The lowest BCUT2D eigenvalue weighted by Gasteiger charge is -2.05. The number of nitrogens with zero attached hydrogens (tertiary/aromatic N) is 7. The topological polar surface area (TPSA) is 94.9 Å². The predicted octanol–water partition coefficient (Wildman–Crippen LogP) is 3.73. The van der Waals surface area contributed by atoms with Crippen molar-refractivity contribution in [2.75, 3.05) is 5.32 Å². The normalized spacial score (nSPS) is 11.3. The molecule has 0 bridgehead atoms. The van der Waals surface area contributed by atoms with E-state index in [-0.39, 0.29) is 5.69 Å². The van der Waals surface area contributed by atoms with Crippen LogP contribution in [-0.2, 0) is 13.6 Å². The number of anilines is 1. The first kappa shape index (κ1) is 20.8. The Morgan fingerprint density at radius 2 is 2.03 bits per heavy atom. The molecule has 0 fully saturated rings. The minimum atomic E-state index is -0.417. The Balaban J connectivity index is 1.37. The molecule has 0 saturated heterocycles. The number of hydrogen-bond acceptors (Lipinski definition) is 5. The van der Waals surface area contributed by atoms with E-state index < -0.39 is 11.7 Å². The zero-order valence-corrected chi connectivity index (χ0v) is 18.5. The van der Waals surface area contributed by atoms with Crippen molar-refractivity contribution in [1.82, 2.24) is 34.2 Å². The monoisotopic (exact) mass is 464 g/mol. The van der Waals surface area contributed by atoms with Crippen molar-refractivity contribution in [3.05, 3.63) is 82.8 Å². The highest BCUT2D eigenvalue weighted by Crippen LogP contribution is 2.23. The maximum atomic E-state index is 13.2. The van der Waals surface area contributed by atoms with Gasteiger partial charge in [0.25, 0.3) is 5.91 Å². The van der Waals surface area contributed by atoms with Gasteiger partial charge in [0.1, 0.15) is 5.82 Å². The molecular weight excluding hydrogens is 447 g/mol. The molecule has 9 nitrogen and oxygen atoms in total. The highest BCUT2D eigenvalue weighted by molar-refractivity contribution is 6.31. The molecule has 5 rings (SSSR count). The lowest BCUT2D eigenvalue weighted by atomic mass is 10.2. The lowest BCUT2D eigenvalue weighted by molar-refractivity contribution is 0.102. The van der Waals surface area contributed by atoms with Crippen LogP contribution >= 0.6 is 11.6 Å². The van der Waals surface area contributed by atoms with Crippen molar-refractivity contribution in [3.8, 4) is 11.3 Å². The second-order valence-electron chi connectivity index (χ2n) is 7.49. The van der Waals surface area contributed by atoms with Gasteiger partial charge in [0.05, 0.1) is 18.4 Å². The fourth-order valence-electron chi connectivity index (χ4n) is 3.48. The Bertz CT molecular complexity index is 1500. The van der Waals surface area contributed by atoms with E-state index >= 15 is 0 Å². The van der Waals surface area contributed by atoms with Crippen molar-refractivity contribution in [2.24, 2.45) is 7.05 Å². The highest BCUT2D eigenvalue weighted by Gasteiger charge is 2.17. The standard InChI is InChI=1S/C22H18ClFN8O/c1-13-16(11-26-30(13)2)19-5-7-25-21-10-18(28-32(19)21)22(33)27-20-6-8-31(29-20)12-14-3-4-15(24)9-17(14)23/h3-11H,12H2,1-2H3,(H,27,29,33). The van der Waals surface area contributed by atoms with Gasteiger partial charge in [0.15, 0.2) is 17.2 Å². The molecule has 0 atom stereocenters. The minimum absolute atomic E-state index is 0.202. The molecule has 0 aliphatic heterocycles. The summed E-state index contributed by atoms with van der Waals surface area (Å²) >= 11 is 6.08. The maximum absolute atomic E-state index is 13.2. The van der Waals surface area contributed by atoms with Gasteiger partial charge < -0.3 is 5.32 Å². The Hall–Kier alpha value is -4.05. The number of hydrogen-bond donors (Lipinski definition) is 1. The van der Waals surface area contributed by atoms with Gasteiger partial charge in [-0.15, -0.1) is 0 Å². The van der Waals surface area contributed by atoms with Crippen molar-refractivity contribution >= 4 is 29.0 Å². The van der Waals surface area contributed by atoms with E-state index in [1.807, 2.05) is 20.0 Å². The van der Waals surface area contributed by atoms with Crippen LogP contribution in [0.25, 0.3) is 16.9 Å². The van der Waals surface area contributed by atoms with Gasteiger partial charge in [-0.1, -0.05) is 17.7 Å². The molecule has 0 saturated carbocycles. The second-order valence-corrected chi connectivity index (χ2v) is 7.89. The van der Waals surface area contributed by atoms with E-state index in [1.165, 1.54) is 12.1 Å². The molecule has 1 aromatic carbocycles. The van der Waals surface area contributed by atoms with Crippen LogP contribution in [0.1, 0.15) is 21.7 Å². The van der Waals surface area contributed by atoms with E-state index in [0.717, 1.165) is 17.0 Å². The number of carbonyl (C=O) groups is 1. The fourth-order valence-corrected chi connectivity index (χ4v) is 3.71. The third-order valence-corrected chi connectivity index (χ3v) is 5.68. The number of aromatic nitrogens is 7. The summed E-state index contributed by atoms with van der Waals surface area (Å²) in [4.78, 5) is 17.1. The van der Waals surface area contributed by atoms with Crippen LogP contribution in [0.3, 0.4) is 0 Å². The molecular formula is C22H18ClFN8O. The number of aryl methyl sites for hydroxylation is 1. The largest absolute Gasteiger partial charge is 0.304 e. The summed E-state index contributed by atoms with van der Waals surface area (Å²) in [6.07, 6.45) is 5.12. The molecule has 166 valence electrons. The van der Waals surface area contributed by atoms with Crippen LogP contribution in [-0.4, -0.2) is 40.1 Å². The number of rotatable bonds is 5. The van der Waals surface area contributed by atoms with E-state index in [2.05, 4.69) is 25.6 Å². The average Bonchev–Trinajstić information content (AvgIpc) is 3.50. The molecule has 0 spiro atoms. The van der Waals surface area contributed by atoms with Gasteiger partial charge in [-0.2, -0.15) is 15.3 Å². The average molecular weight is 465 g/mol. The fraction of sp³-hybridized carbons (Fsp3) is 0.136. The summed E-state index contributed by atoms with van der Waals surface area (Å²) in [6, 6.07) is 9.29. The molecule has 0 aliphatic carbocycles. The van der Waals surface area contributed by atoms with Crippen molar-refractivity contribution in [2.45, 2.75) is 13.5 Å². The second kappa shape index (κ2) is 8.14. The van der Waals surface area contributed by atoms with E-state index in [1.54, 1.807) is 50.7 Å². The quantitative estimate of drug-likeness (QED) is 0.427. The Kier molecular flexibility index (Phi) is 5.14. The molecule has 33 heavy (non-hydrogen) atoms. The van der Waals surface area contributed by atoms with Gasteiger partial charge in [0.2, 0.25) is 0 Å². The van der Waals surface area contributed by atoms with Gasteiger partial charge in [-0.3, -0.25) is 14.2 Å². The summed E-state index contributed by atoms with van der Waals surface area (Å²) < 4.78 is 18.2. The molecule has 5 aromatic rings. The van der Waals surface area contributed by atoms with Gasteiger partial charge in [-0.05, 0) is 30.7 Å². The molecule has 0 unspecified atom stereocenters. The first-order chi connectivity index (χ1) is 15.9. The highest BCUT2D eigenvalue weighted by atomic mass is 35.5. The minimum Gasteiger partial charge on any atom is -0.304 e. The third-order valence-electron chi connectivity index (χ3n) is 5.33. The number of carbonyl (C=O) groups excluding carboxylic acids is 1. The third kappa shape index (κ3) is 3.96. The summed E-state index contributed by atoms with van der Waals surface area (Å²) in [5.41, 5.74) is 4.10. The SMILES string of the molecule is Cc1c(-c2ccnc3cc(C(=O)Nc4ccn(Cc5ccc(F)cc5Cl)n4)nn23)cnn1C. The Morgan fingerprint density at radius 1 is 1.18 bits per heavy atom. The zero-order valence-electron chi connectivity index (χ0n) is 17.7. The van der Waals surface area contributed by atoms with Crippen LogP contribution < -0.4 is 5.32 Å². The molecule has 11 heteroatoms. The summed E-state index contributed by atoms with van der Waals surface area (Å²) in [5.74, 6) is -0.466. The van der Waals surface area contributed by atoms with Crippen LogP contribution in [0, 0.1) is 12.7 Å². The van der Waals surface area contributed by atoms with E-state index in [4.69, 9.17) is 11.6 Å². The van der Waals surface area contributed by atoms with Crippen LogP contribution in [0.4, 0.5) is 10.2 Å². The summed E-state index contributed by atoms with van der Waals surface area (Å²) in [7, 11) is 1.86. The summed E-state index contributed by atoms with van der Waals surface area (Å²) in [6.45, 7) is 2.29. The van der Waals surface area contributed by atoms with Crippen molar-refractivity contribution < 1.29 is 9.18 Å². The molecule has 0 radical (unpaired) electrons. The Labute approximate surface area is 192 Å². The van der Waals surface area contributed by atoms with Gasteiger partial charge in [0, 0.05) is 47.9 Å². The number of amides is 1. The van der Waals surface area contributed by atoms with Crippen LogP contribution in [0.2, 0.25) is 5.02 Å². The van der Waals surface area contributed by atoms with Gasteiger partial charge in [-0.25, -0.2) is 13.9 Å². The number of fused-ring (bicyclic) bond motifs is 1. The number of nitrogens with one attached hydrogen (secondary N) is 1. The van der Waals surface area contributed by atoms with Crippen LogP contribution in [0.15, 0.2) is 55.0 Å². The molecule has 1 amide bonds. The maximum Gasteiger partial charge on any atom is 0.277 e. The van der Waals surface area contributed by atoms with E-state index in [0.29, 0.717) is 28.6 Å². The first-order valence-corrected chi connectivity index (χ1v) is 10.4. The predicted molar refractivity (Wildman–Crippen MR) is 121 cm³/mol. The molecule has 4 aromatic heterocycles. The molecule has 0 aliphatic rings. The zero-order chi connectivity index (χ0) is 23.1. The molecule has 1 N–H and O–H groups in total. The number of halogens is 2. The lowest BCUT2D eigenvalue weighted by Crippen LogP contribution is -2.14. The van der Waals surface area contributed by atoms with Crippen molar-refractivity contribution in [3.63, 3.8) is 0 Å². The van der Waals surface area contributed by atoms with Crippen LogP contribution in [0.5, 0.6) is 0 Å². The van der Waals surface area contributed by atoms with E-state index in [9.17, 15) is 9.18 Å². The smallest absolute Gasteiger partial charge is 0.277 e. The molecule has 4 heterocycles. The number of benzene rings is 1. The van der Waals surface area contributed by atoms with Crippen molar-refractivity contribution in [1.29, 1.82) is 0 Å².